The second-order valence-electron chi connectivity index (χ2n) is 3.29. The Bertz CT molecular complexity index is 468. The Morgan fingerprint density at radius 3 is 3.06 bits per heavy atom. The fraction of sp³-hybridized carbons (Fsp3) is 0.250. The second kappa shape index (κ2) is 4.99. The first-order chi connectivity index (χ1) is 7.83. The molecule has 0 spiro atoms. The van der Waals surface area contributed by atoms with Gasteiger partial charge < -0.3 is 10.1 Å². The van der Waals surface area contributed by atoms with Crippen molar-refractivity contribution in [1.29, 1.82) is 0 Å². The van der Waals surface area contributed by atoms with Gasteiger partial charge in [0.25, 0.3) is 0 Å². The third-order valence-corrected chi connectivity index (χ3v) is 3.19. The van der Waals surface area contributed by atoms with Crippen molar-refractivity contribution in [3.8, 4) is 16.2 Å². The van der Waals surface area contributed by atoms with Crippen LogP contribution in [0.3, 0.4) is 0 Å². The predicted molar refractivity (Wildman–Crippen MR) is 68.3 cm³/mol. The summed E-state index contributed by atoms with van der Waals surface area (Å²) < 4.78 is 5.20. The highest BCUT2D eigenvalue weighted by Gasteiger charge is 2.04. The van der Waals surface area contributed by atoms with E-state index in [4.69, 9.17) is 4.74 Å². The highest BCUT2D eigenvalue weighted by Crippen LogP contribution is 2.30. The molecule has 0 aliphatic heterocycles. The molecule has 0 radical (unpaired) electrons. The van der Waals surface area contributed by atoms with E-state index in [0.29, 0.717) is 0 Å². The van der Waals surface area contributed by atoms with Gasteiger partial charge in [-0.3, -0.25) is 0 Å². The minimum absolute atomic E-state index is 0.871. The van der Waals surface area contributed by atoms with Gasteiger partial charge in [0, 0.05) is 12.7 Å². The van der Waals surface area contributed by atoms with E-state index in [-0.39, 0.29) is 0 Å². The number of nitrogens with zero attached hydrogens (tertiary/aromatic N) is 1. The summed E-state index contributed by atoms with van der Waals surface area (Å²) in [5.41, 5.74) is 1.14. The highest BCUT2D eigenvalue weighted by atomic mass is 32.1. The number of hydrogen-bond acceptors (Lipinski definition) is 4. The van der Waals surface area contributed by atoms with Crippen molar-refractivity contribution in [3.63, 3.8) is 0 Å². The van der Waals surface area contributed by atoms with Crippen molar-refractivity contribution in [1.82, 2.24) is 4.98 Å². The summed E-state index contributed by atoms with van der Waals surface area (Å²) >= 11 is 1.65. The number of hydrogen-bond donors (Lipinski definition) is 1. The minimum Gasteiger partial charge on any atom is -0.497 e. The SMILES string of the molecule is CCNc1ncc(-c2cccc(OC)c2)s1. The second-order valence-corrected chi connectivity index (χ2v) is 4.32. The summed E-state index contributed by atoms with van der Waals surface area (Å²) in [7, 11) is 1.68. The number of nitrogens with one attached hydrogen (secondary N) is 1. The molecule has 0 bridgehead atoms. The van der Waals surface area contributed by atoms with Crippen LogP contribution in [-0.2, 0) is 0 Å². The number of ether oxygens (including phenoxy) is 1. The molecule has 16 heavy (non-hydrogen) atoms. The van der Waals surface area contributed by atoms with Gasteiger partial charge in [-0.25, -0.2) is 4.98 Å². The van der Waals surface area contributed by atoms with Crippen LogP contribution in [0.1, 0.15) is 6.92 Å². The molecule has 84 valence electrons. The van der Waals surface area contributed by atoms with Gasteiger partial charge in [0.15, 0.2) is 5.13 Å². The van der Waals surface area contributed by atoms with E-state index in [2.05, 4.69) is 23.3 Å². The van der Waals surface area contributed by atoms with Crippen LogP contribution in [0.25, 0.3) is 10.4 Å². The molecule has 0 atom stereocenters. The molecular formula is C12H14N2OS. The Hall–Kier alpha value is -1.55. The Kier molecular flexibility index (Phi) is 3.41. The summed E-state index contributed by atoms with van der Waals surface area (Å²) in [6, 6.07) is 8.01. The summed E-state index contributed by atoms with van der Waals surface area (Å²) in [5.74, 6) is 0.871. The Balaban J connectivity index is 2.27. The zero-order valence-electron chi connectivity index (χ0n) is 9.36. The molecule has 1 heterocycles. The van der Waals surface area contributed by atoms with Crippen molar-refractivity contribution in [2.75, 3.05) is 19.0 Å². The molecule has 4 heteroatoms. The number of benzene rings is 1. The molecule has 0 unspecified atom stereocenters. The van der Waals surface area contributed by atoms with E-state index in [1.165, 1.54) is 0 Å². The Morgan fingerprint density at radius 2 is 2.31 bits per heavy atom. The maximum Gasteiger partial charge on any atom is 0.183 e. The van der Waals surface area contributed by atoms with Crippen molar-refractivity contribution in [2.45, 2.75) is 6.92 Å². The largest absolute Gasteiger partial charge is 0.497 e. The summed E-state index contributed by atoms with van der Waals surface area (Å²) in [5, 5.41) is 4.16. The van der Waals surface area contributed by atoms with E-state index in [0.717, 1.165) is 27.9 Å². The monoisotopic (exact) mass is 234 g/mol. The summed E-state index contributed by atoms with van der Waals surface area (Å²) in [6.45, 7) is 2.96. The predicted octanol–water partition coefficient (Wildman–Crippen LogP) is 3.25. The van der Waals surface area contributed by atoms with Crippen LogP contribution in [0.2, 0.25) is 0 Å². The molecule has 3 nitrogen and oxygen atoms in total. The molecule has 0 aliphatic rings. The lowest BCUT2D eigenvalue weighted by molar-refractivity contribution is 0.415. The lowest BCUT2D eigenvalue weighted by Crippen LogP contribution is -1.94. The number of aromatic nitrogens is 1. The van der Waals surface area contributed by atoms with Crippen LogP contribution < -0.4 is 10.1 Å². The van der Waals surface area contributed by atoms with Gasteiger partial charge in [-0.15, -0.1) is 0 Å². The molecule has 0 fully saturated rings. The first kappa shape index (κ1) is 11.0. The van der Waals surface area contributed by atoms with Gasteiger partial charge in [-0.2, -0.15) is 0 Å². The van der Waals surface area contributed by atoms with Gasteiger partial charge in [-0.1, -0.05) is 23.5 Å². The Labute approximate surface area is 99.1 Å². The zero-order chi connectivity index (χ0) is 11.4. The van der Waals surface area contributed by atoms with Crippen LogP contribution in [0.4, 0.5) is 5.13 Å². The van der Waals surface area contributed by atoms with Gasteiger partial charge in [0.05, 0.1) is 12.0 Å². The van der Waals surface area contributed by atoms with Crippen LogP contribution in [0.5, 0.6) is 5.75 Å². The van der Waals surface area contributed by atoms with E-state index < -0.39 is 0 Å². The van der Waals surface area contributed by atoms with Gasteiger partial charge in [-0.05, 0) is 24.6 Å². The smallest absolute Gasteiger partial charge is 0.183 e. The van der Waals surface area contributed by atoms with Gasteiger partial charge in [0.2, 0.25) is 0 Å². The lowest BCUT2D eigenvalue weighted by atomic mass is 10.2. The normalized spacial score (nSPS) is 10.1. The maximum absolute atomic E-state index is 5.20. The van der Waals surface area contributed by atoms with Crippen LogP contribution in [0, 0.1) is 0 Å². The fourth-order valence-electron chi connectivity index (χ4n) is 1.42. The first-order valence-corrected chi connectivity index (χ1v) is 5.99. The molecule has 0 saturated heterocycles. The maximum atomic E-state index is 5.20. The van der Waals surface area contributed by atoms with Crippen LogP contribution in [0.15, 0.2) is 30.5 Å². The molecule has 0 amide bonds. The molecule has 0 aliphatic carbocycles. The molecule has 0 saturated carbocycles. The van der Waals surface area contributed by atoms with E-state index in [1.54, 1.807) is 18.4 Å². The third kappa shape index (κ3) is 2.33. The minimum atomic E-state index is 0.871. The zero-order valence-corrected chi connectivity index (χ0v) is 10.2. The lowest BCUT2D eigenvalue weighted by Gasteiger charge is -2.01. The number of thiazole rings is 1. The number of anilines is 1. The molecule has 1 aromatic heterocycles. The standard InChI is InChI=1S/C12H14N2OS/c1-3-13-12-14-8-11(16-12)9-5-4-6-10(7-9)15-2/h4-8H,3H2,1-2H3,(H,13,14). The van der Waals surface area contributed by atoms with Crippen molar-refractivity contribution < 1.29 is 4.74 Å². The fourth-order valence-corrected chi connectivity index (χ4v) is 2.30. The molecule has 2 aromatic rings. The average molecular weight is 234 g/mol. The van der Waals surface area contributed by atoms with E-state index >= 15 is 0 Å². The number of methoxy groups -OCH3 is 1. The van der Waals surface area contributed by atoms with Crippen molar-refractivity contribution >= 4 is 16.5 Å². The molecule has 1 N–H and O–H groups in total. The first-order valence-electron chi connectivity index (χ1n) is 5.17. The summed E-state index contributed by atoms with van der Waals surface area (Å²) in [4.78, 5) is 5.45. The van der Waals surface area contributed by atoms with E-state index in [1.807, 2.05) is 24.4 Å². The molecular weight excluding hydrogens is 220 g/mol. The van der Waals surface area contributed by atoms with Crippen LogP contribution >= 0.6 is 11.3 Å². The molecule has 1 aromatic carbocycles. The summed E-state index contributed by atoms with van der Waals surface area (Å²) in [6.07, 6.45) is 1.89. The number of rotatable bonds is 4. The highest BCUT2D eigenvalue weighted by molar-refractivity contribution is 7.18. The Morgan fingerprint density at radius 1 is 1.44 bits per heavy atom. The van der Waals surface area contributed by atoms with Gasteiger partial charge in [0.1, 0.15) is 5.75 Å². The average Bonchev–Trinajstić information content (AvgIpc) is 2.78. The quantitative estimate of drug-likeness (QED) is 0.881. The third-order valence-electron chi connectivity index (χ3n) is 2.19. The van der Waals surface area contributed by atoms with Crippen molar-refractivity contribution in [3.05, 3.63) is 30.5 Å². The van der Waals surface area contributed by atoms with E-state index in [9.17, 15) is 0 Å². The van der Waals surface area contributed by atoms with Gasteiger partial charge >= 0.3 is 0 Å². The molecule has 2 rings (SSSR count). The van der Waals surface area contributed by atoms with Crippen LogP contribution in [-0.4, -0.2) is 18.6 Å². The topological polar surface area (TPSA) is 34.2 Å². The van der Waals surface area contributed by atoms with Crippen molar-refractivity contribution in [2.24, 2.45) is 0 Å².